The molecule has 0 radical (unpaired) electrons. The minimum atomic E-state index is -0.136. The van der Waals surface area contributed by atoms with Gasteiger partial charge in [-0.05, 0) is 35.6 Å². The highest BCUT2D eigenvalue weighted by Crippen LogP contribution is 2.20. The highest BCUT2D eigenvalue weighted by atomic mass is 32.1. The van der Waals surface area contributed by atoms with Crippen molar-refractivity contribution in [2.75, 3.05) is 13.2 Å². The Hall–Kier alpha value is -1.80. The molecule has 3 nitrogen and oxygen atoms in total. The van der Waals surface area contributed by atoms with Gasteiger partial charge in [0.1, 0.15) is 19.0 Å². The molecule has 0 saturated heterocycles. The van der Waals surface area contributed by atoms with Crippen molar-refractivity contribution in [3.05, 3.63) is 51.7 Å². The normalized spacial score (nSPS) is 9.90. The van der Waals surface area contributed by atoms with E-state index in [0.717, 1.165) is 21.8 Å². The Morgan fingerprint density at radius 3 is 2.60 bits per heavy atom. The highest BCUT2D eigenvalue weighted by Gasteiger charge is 2.03. The summed E-state index contributed by atoms with van der Waals surface area (Å²) in [6, 6.07) is 9.63. The van der Waals surface area contributed by atoms with E-state index in [1.54, 1.807) is 11.3 Å². The first-order valence-corrected chi connectivity index (χ1v) is 7.20. The maximum atomic E-state index is 8.86. The topological polar surface area (TPSA) is 49.7 Å². The van der Waals surface area contributed by atoms with E-state index in [0.29, 0.717) is 13.0 Å². The van der Waals surface area contributed by atoms with E-state index in [-0.39, 0.29) is 13.2 Å². The van der Waals surface area contributed by atoms with Crippen LogP contribution in [-0.2, 0) is 13.0 Å². The van der Waals surface area contributed by atoms with Gasteiger partial charge in [0.15, 0.2) is 0 Å². The zero-order valence-electron chi connectivity index (χ0n) is 11.0. The maximum Gasteiger partial charge on any atom is 0.124 e. The van der Waals surface area contributed by atoms with Crippen molar-refractivity contribution in [1.29, 1.82) is 0 Å². The number of hydrogen-bond acceptors (Lipinski definition) is 4. The van der Waals surface area contributed by atoms with Crippen LogP contribution in [0.1, 0.15) is 16.0 Å². The van der Waals surface area contributed by atoms with E-state index in [1.165, 1.54) is 0 Å². The fourth-order valence-corrected chi connectivity index (χ4v) is 2.47. The van der Waals surface area contributed by atoms with Crippen LogP contribution in [0.5, 0.6) is 5.75 Å². The average molecular weight is 288 g/mol. The molecule has 1 aromatic heterocycles. The zero-order valence-corrected chi connectivity index (χ0v) is 11.8. The van der Waals surface area contributed by atoms with Crippen LogP contribution in [0.2, 0.25) is 0 Å². The third-order valence-corrected chi connectivity index (χ3v) is 3.64. The van der Waals surface area contributed by atoms with Gasteiger partial charge in [-0.15, -0.1) is 11.3 Å². The minimum absolute atomic E-state index is 0.136. The number of benzene rings is 1. The zero-order chi connectivity index (χ0) is 14.2. The molecule has 4 heteroatoms. The molecule has 104 valence electrons. The molecule has 0 saturated carbocycles. The molecule has 1 aromatic carbocycles. The summed E-state index contributed by atoms with van der Waals surface area (Å²) in [5.74, 6) is 6.34. The highest BCUT2D eigenvalue weighted by molar-refractivity contribution is 7.10. The van der Waals surface area contributed by atoms with Crippen LogP contribution in [0.15, 0.2) is 35.7 Å². The molecule has 0 atom stereocenters. The van der Waals surface area contributed by atoms with Gasteiger partial charge in [0.25, 0.3) is 0 Å². The average Bonchev–Trinajstić information content (AvgIpc) is 2.92. The Balaban J connectivity index is 1.96. The van der Waals surface area contributed by atoms with Gasteiger partial charge < -0.3 is 14.9 Å². The SMILES string of the molecule is OCC#Cc1ccsc1COc1ccc(CCO)cc1. The van der Waals surface area contributed by atoms with Gasteiger partial charge >= 0.3 is 0 Å². The molecule has 0 unspecified atom stereocenters. The summed E-state index contributed by atoms with van der Waals surface area (Å²) in [5.41, 5.74) is 1.99. The molecule has 0 fully saturated rings. The van der Waals surface area contributed by atoms with Gasteiger partial charge in [-0.2, -0.15) is 0 Å². The summed E-state index contributed by atoms with van der Waals surface area (Å²) < 4.78 is 5.72. The van der Waals surface area contributed by atoms with Crippen LogP contribution in [-0.4, -0.2) is 23.4 Å². The fraction of sp³-hybridized carbons (Fsp3) is 0.250. The molecule has 0 aliphatic heterocycles. The summed E-state index contributed by atoms with van der Waals surface area (Å²) in [4.78, 5) is 1.05. The van der Waals surface area contributed by atoms with Crippen LogP contribution in [0.25, 0.3) is 0 Å². The lowest BCUT2D eigenvalue weighted by Crippen LogP contribution is -1.96. The number of aliphatic hydroxyl groups is 2. The van der Waals surface area contributed by atoms with Crippen LogP contribution < -0.4 is 4.74 Å². The molecule has 0 spiro atoms. The predicted molar refractivity (Wildman–Crippen MR) is 79.8 cm³/mol. The number of thiophene rings is 1. The van der Waals surface area contributed by atoms with E-state index in [2.05, 4.69) is 11.8 Å². The monoisotopic (exact) mass is 288 g/mol. The van der Waals surface area contributed by atoms with E-state index in [4.69, 9.17) is 14.9 Å². The van der Waals surface area contributed by atoms with Gasteiger partial charge in [0.05, 0.1) is 4.88 Å². The Morgan fingerprint density at radius 2 is 1.90 bits per heavy atom. The van der Waals surface area contributed by atoms with Crippen molar-refractivity contribution in [3.63, 3.8) is 0 Å². The number of rotatable bonds is 5. The van der Waals surface area contributed by atoms with E-state index < -0.39 is 0 Å². The second-order valence-corrected chi connectivity index (χ2v) is 5.12. The van der Waals surface area contributed by atoms with E-state index in [9.17, 15) is 0 Å². The summed E-state index contributed by atoms with van der Waals surface area (Å²) in [5, 5.41) is 19.5. The number of aliphatic hydroxyl groups excluding tert-OH is 2. The largest absolute Gasteiger partial charge is 0.488 e. The Morgan fingerprint density at radius 1 is 1.10 bits per heavy atom. The van der Waals surface area contributed by atoms with Crippen molar-refractivity contribution in [1.82, 2.24) is 0 Å². The molecule has 0 aliphatic carbocycles. The van der Waals surface area contributed by atoms with Crippen molar-refractivity contribution in [3.8, 4) is 17.6 Å². The third kappa shape index (κ3) is 4.10. The van der Waals surface area contributed by atoms with Gasteiger partial charge in [-0.1, -0.05) is 24.0 Å². The molecular weight excluding hydrogens is 272 g/mol. The van der Waals surface area contributed by atoms with Crippen LogP contribution in [0.3, 0.4) is 0 Å². The number of hydrogen-bond donors (Lipinski definition) is 2. The Kier molecular flexibility index (Phi) is 5.63. The third-order valence-electron chi connectivity index (χ3n) is 2.74. The smallest absolute Gasteiger partial charge is 0.124 e. The van der Waals surface area contributed by atoms with Crippen molar-refractivity contribution in [2.24, 2.45) is 0 Å². The minimum Gasteiger partial charge on any atom is -0.488 e. The first kappa shape index (κ1) is 14.6. The second-order valence-electron chi connectivity index (χ2n) is 4.12. The summed E-state index contributed by atoms with van der Waals surface area (Å²) in [6.45, 7) is 0.483. The van der Waals surface area contributed by atoms with E-state index in [1.807, 2.05) is 35.7 Å². The van der Waals surface area contributed by atoms with Crippen LogP contribution in [0.4, 0.5) is 0 Å². The summed E-state index contributed by atoms with van der Waals surface area (Å²) >= 11 is 1.59. The Bertz CT molecular complexity index is 590. The van der Waals surface area contributed by atoms with Gasteiger partial charge in [-0.3, -0.25) is 0 Å². The molecule has 0 amide bonds. The molecule has 2 N–H and O–H groups in total. The first-order chi connectivity index (χ1) is 9.83. The van der Waals surface area contributed by atoms with E-state index >= 15 is 0 Å². The summed E-state index contributed by atoms with van der Waals surface area (Å²) in [6.07, 6.45) is 0.659. The lowest BCUT2D eigenvalue weighted by Gasteiger charge is -2.06. The number of ether oxygens (including phenoxy) is 1. The molecule has 2 rings (SSSR count). The van der Waals surface area contributed by atoms with Crippen molar-refractivity contribution in [2.45, 2.75) is 13.0 Å². The van der Waals surface area contributed by atoms with Gasteiger partial charge in [0, 0.05) is 12.2 Å². The molecule has 2 aromatic rings. The molecular formula is C16H16O3S. The van der Waals surface area contributed by atoms with Crippen LogP contribution in [0, 0.1) is 11.8 Å². The fourth-order valence-electron chi connectivity index (χ4n) is 1.73. The van der Waals surface area contributed by atoms with Gasteiger partial charge in [0.2, 0.25) is 0 Å². The first-order valence-electron chi connectivity index (χ1n) is 6.32. The molecule has 0 bridgehead atoms. The van der Waals surface area contributed by atoms with Gasteiger partial charge in [-0.25, -0.2) is 0 Å². The molecule has 1 heterocycles. The van der Waals surface area contributed by atoms with Crippen molar-refractivity contribution >= 4 is 11.3 Å². The summed E-state index contributed by atoms with van der Waals surface area (Å²) in [7, 11) is 0. The molecule has 0 aliphatic rings. The second kappa shape index (κ2) is 7.71. The maximum absolute atomic E-state index is 8.86. The molecule has 20 heavy (non-hydrogen) atoms. The lowest BCUT2D eigenvalue weighted by molar-refractivity contribution is 0.298. The van der Waals surface area contributed by atoms with Crippen molar-refractivity contribution < 1.29 is 14.9 Å². The lowest BCUT2D eigenvalue weighted by atomic mass is 10.1. The quantitative estimate of drug-likeness (QED) is 0.829. The predicted octanol–water partition coefficient (Wildman–Crippen LogP) is 2.21. The van der Waals surface area contributed by atoms with Crippen LogP contribution >= 0.6 is 11.3 Å². The Labute approximate surface area is 122 Å². The standard InChI is InChI=1S/C16H16O3S/c17-9-1-2-14-8-11-20-16(14)12-19-15-5-3-13(4-6-15)7-10-18/h3-6,8,11,17-18H,7,9-10,12H2.